The second-order valence-electron chi connectivity index (χ2n) is 5.84. The molecule has 126 valence electrons. The Bertz CT molecular complexity index is 1080. The molecular formula is C21H16N4O. The van der Waals surface area contributed by atoms with Crippen molar-refractivity contribution in [3.8, 4) is 11.3 Å². The van der Waals surface area contributed by atoms with Gasteiger partial charge in [-0.1, -0.05) is 66.7 Å². The van der Waals surface area contributed by atoms with Gasteiger partial charge in [-0.2, -0.15) is 10.2 Å². The van der Waals surface area contributed by atoms with Crippen molar-refractivity contribution in [1.29, 1.82) is 0 Å². The molecule has 0 aliphatic rings. The molecule has 0 radical (unpaired) electrons. The smallest absolute Gasteiger partial charge is 0.272 e. The zero-order valence-corrected chi connectivity index (χ0v) is 13.9. The van der Waals surface area contributed by atoms with Crippen LogP contribution >= 0.6 is 0 Å². The monoisotopic (exact) mass is 340 g/mol. The summed E-state index contributed by atoms with van der Waals surface area (Å²) in [5.74, 6) is -0.336. The first-order valence-corrected chi connectivity index (χ1v) is 8.23. The van der Waals surface area contributed by atoms with E-state index in [4.69, 9.17) is 0 Å². The summed E-state index contributed by atoms with van der Waals surface area (Å²) in [7, 11) is 0. The third-order valence-electron chi connectivity index (χ3n) is 4.05. The number of H-pyrrole nitrogens is 1. The van der Waals surface area contributed by atoms with Gasteiger partial charge < -0.3 is 0 Å². The number of aromatic amines is 1. The molecule has 1 amide bonds. The van der Waals surface area contributed by atoms with E-state index in [1.807, 2.05) is 54.6 Å². The maximum absolute atomic E-state index is 12.2. The Morgan fingerprint density at radius 3 is 2.54 bits per heavy atom. The van der Waals surface area contributed by atoms with Crippen LogP contribution in [0.5, 0.6) is 0 Å². The van der Waals surface area contributed by atoms with Gasteiger partial charge in [0, 0.05) is 5.56 Å². The molecule has 0 aliphatic heterocycles. The van der Waals surface area contributed by atoms with Crippen LogP contribution in [0, 0.1) is 0 Å². The fourth-order valence-corrected chi connectivity index (χ4v) is 2.70. The van der Waals surface area contributed by atoms with Gasteiger partial charge in [-0.15, -0.1) is 0 Å². The van der Waals surface area contributed by atoms with Crippen molar-refractivity contribution in [2.24, 2.45) is 5.10 Å². The van der Waals surface area contributed by atoms with Crippen LogP contribution in [0.3, 0.4) is 0 Å². The molecule has 5 heteroatoms. The van der Waals surface area contributed by atoms with Crippen LogP contribution < -0.4 is 5.43 Å². The number of hydrogen-bond acceptors (Lipinski definition) is 3. The van der Waals surface area contributed by atoms with Crippen molar-refractivity contribution >= 4 is 22.9 Å². The molecule has 0 spiro atoms. The summed E-state index contributed by atoms with van der Waals surface area (Å²) in [4.78, 5) is 12.2. The first kappa shape index (κ1) is 15.8. The van der Waals surface area contributed by atoms with E-state index in [2.05, 4.69) is 38.9 Å². The Hall–Kier alpha value is -3.73. The van der Waals surface area contributed by atoms with E-state index in [-0.39, 0.29) is 5.91 Å². The molecule has 1 heterocycles. The molecule has 4 aromatic rings. The zero-order chi connectivity index (χ0) is 17.8. The van der Waals surface area contributed by atoms with Crippen molar-refractivity contribution in [1.82, 2.24) is 15.6 Å². The molecular weight excluding hydrogens is 324 g/mol. The molecule has 0 saturated heterocycles. The Labute approximate surface area is 150 Å². The van der Waals surface area contributed by atoms with Gasteiger partial charge in [0.1, 0.15) is 5.69 Å². The van der Waals surface area contributed by atoms with E-state index in [0.29, 0.717) is 11.4 Å². The molecule has 0 fully saturated rings. The SMILES string of the molecule is O=C(N/N=C/c1ccccc1)c1cc(-c2ccc3ccccc3c2)n[nH]1. The van der Waals surface area contributed by atoms with Crippen molar-refractivity contribution in [3.63, 3.8) is 0 Å². The van der Waals surface area contributed by atoms with E-state index in [1.54, 1.807) is 12.3 Å². The summed E-state index contributed by atoms with van der Waals surface area (Å²) in [6.07, 6.45) is 1.60. The number of hydrogen-bond donors (Lipinski definition) is 2. The summed E-state index contributed by atoms with van der Waals surface area (Å²) in [6, 6.07) is 25.5. The predicted molar refractivity (Wildman–Crippen MR) is 103 cm³/mol. The van der Waals surface area contributed by atoms with Gasteiger partial charge in [-0.05, 0) is 28.5 Å². The van der Waals surface area contributed by atoms with E-state index in [9.17, 15) is 4.79 Å². The molecule has 0 atom stereocenters. The molecule has 26 heavy (non-hydrogen) atoms. The second kappa shape index (κ2) is 7.03. The standard InChI is InChI=1S/C21H16N4O/c26-21(25-22-14-15-6-2-1-3-7-15)20-13-19(23-24-20)18-11-10-16-8-4-5-9-17(16)12-18/h1-14H,(H,23,24)(H,25,26)/b22-14+. The van der Waals surface area contributed by atoms with E-state index in [1.165, 1.54) is 5.39 Å². The highest BCUT2D eigenvalue weighted by atomic mass is 16.2. The quantitative estimate of drug-likeness (QED) is 0.435. The topological polar surface area (TPSA) is 70.1 Å². The molecule has 0 saturated carbocycles. The van der Waals surface area contributed by atoms with Crippen molar-refractivity contribution in [2.45, 2.75) is 0 Å². The van der Waals surface area contributed by atoms with Gasteiger partial charge in [0.25, 0.3) is 5.91 Å². The maximum Gasteiger partial charge on any atom is 0.289 e. The van der Waals surface area contributed by atoms with Crippen molar-refractivity contribution < 1.29 is 4.79 Å². The average Bonchev–Trinajstić information content (AvgIpc) is 3.19. The summed E-state index contributed by atoms with van der Waals surface area (Å²) in [5.41, 5.74) is 5.44. The van der Waals surface area contributed by atoms with Crippen LogP contribution in [0.2, 0.25) is 0 Å². The fraction of sp³-hybridized carbons (Fsp3) is 0. The lowest BCUT2D eigenvalue weighted by Gasteiger charge is -2.00. The second-order valence-corrected chi connectivity index (χ2v) is 5.84. The minimum absolute atomic E-state index is 0.336. The summed E-state index contributed by atoms with van der Waals surface area (Å²) < 4.78 is 0. The van der Waals surface area contributed by atoms with E-state index >= 15 is 0 Å². The fourth-order valence-electron chi connectivity index (χ4n) is 2.70. The average molecular weight is 340 g/mol. The Morgan fingerprint density at radius 2 is 1.69 bits per heavy atom. The Morgan fingerprint density at radius 1 is 0.923 bits per heavy atom. The minimum atomic E-state index is -0.336. The number of amides is 1. The molecule has 0 aliphatic carbocycles. The largest absolute Gasteiger partial charge is 0.289 e. The van der Waals surface area contributed by atoms with Gasteiger partial charge in [0.15, 0.2) is 0 Å². The van der Waals surface area contributed by atoms with Crippen LogP contribution in [-0.4, -0.2) is 22.3 Å². The first-order valence-electron chi connectivity index (χ1n) is 8.23. The number of carbonyl (C=O) groups is 1. The van der Waals surface area contributed by atoms with Gasteiger partial charge >= 0.3 is 0 Å². The normalized spacial score (nSPS) is 11.1. The lowest BCUT2D eigenvalue weighted by atomic mass is 10.1. The molecule has 1 aromatic heterocycles. The van der Waals surface area contributed by atoms with Gasteiger partial charge in [-0.3, -0.25) is 9.89 Å². The maximum atomic E-state index is 12.2. The summed E-state index contributed by atoms with van der Waals surface area (Å²) in [6.45, 7) is 0. The Kier molecular flexibility index (Phi) is 4.26. The third-order valence-corrected chi connectivity index (χ3v) is 4.05. The number of benzene rings is 3. The molecule has 0 bridgehead atoms. The van der Waals surface area contributed by atoms with Gasteiger partial charge in [-0.25, -0.2) is 5.43 Å². The number of nitrogens with one attached hydrogen (secondary N) is 2. The van der Waals surface area contributed by atoms with E-state index < -0.39 is 0 Å². The number of aromatic nitrogens is 2. The van der Waals surface area contributed by atoms with Crippen LogP contribution in [0.4, 0.5) is 0 Å². The summed E-state index contributed by atoms with van der Waals surface area (Å²) in [5, 5.41) is 13.3. The number of hydrazone groups is 1. The van der Waals surface area contributed by atoms with Crippen LogP contribution in [0.25, 0.3) is 22.0 Å². The van der Waals surface area contributed by atoms with Crippen LogP contribution in [-0.2, 0) is 0 Å². The first-order chi connectivity index (χ1) is 12.8. The highest BCUT2D eigenvalue weighted by molar-refractivity contribution is 5.94. The summed E-state index contributed by atoms with van der Waals surface area (Å²) >= 11 is 0. The lowest BCUT2D eigenvalue weighted by molar-refractivity contribution is 0.0950. The number of rotatable bonds is 4. The minimum Gasteiger partial charge on any atom is -0.272 e. The number of nitrogens with zero attached hydrogens (tertiary/aromatic N) is 2. The van der Waals surface area contributed by atoms with Crippen LogP contribution in [0.1, 0.15) is 16.1 Å². The molecule has 0 unspecified atom stereocenters. The number of fused-ring (bicyclic) bond motifs is 1. The molecule has 3 aromatic carbocycles. The third kappa shape index (κ3) is 3.37. The highest BCUT2D eigenvalue weighted by Crippen LogP contribution is 2.23. The van der Waals surface area contributed by atoms with E-state index in [0.717, 1.165) is 16.5 Å². The van der Waals surface area contributed by atoms with Crippen molar-refractivity contribution in [2.75, 3.05) is 0 Å². The lowest BCUT2D eigenvalue weighted by Crippen LogP contribution is -2.17. The highest BCUT2D eigenvalue weighted by Gasteiger charge is 2.10. The van der Waals surface area contributed by atoms with Gasteiger partial charge in [0.05, 0.1) is 11.9 Å². The molecule has 2 N–H and O–H groups in total. The van der Waals surface area contributed by atoms with Crippen LogP contribution in [0.15, 0.2) is 84.0 Å². The molecule has 4 rings (SSSR count). The molecule has 5 nitrogen and oxygen atoms in total. The Balaban J connectivity index is 1.49. The van der Waals surface area contributed by atoms with Crippen molar-refractivity contribution in [3.05, 3.63) is 90.1 Å². The zero-order valence-electron chi connectivity index (χ0n) is 13.9. The predicted octanol–water partition coefficient (Wildman–Crippen LogP) is 3.99. The van der Waals surface area contributed by atoms with Gasteiger partial charge in [0.2, 0.25) is 0 Å². The number of carbonyl (C=O) groups excluding carboxylic acids is 1.